The van der Waals surface area contributed by atoms with Crippen LogP contribution in [-0.4, -0.2) is 23.2 Å². The molecule has 0 unspecified atom stereocenters. The Hall–Kier alpha value is -0.910. The minimum Gasteiger partial charge on any atom is -0.396 e. The lowest BCUT2D eigenvalue weighted by molar-refractivity contribution is 0.296. The van der Waals surface area contributed by atoms with E-state index in [0.717, 1.165) is 17.7 Å². The molecule has 1 aromatic rings. The summed E-state index contributed by atoms with van der Waals surface area (Å²) < 4.78 is 0. The summed E-state index contributed by atoms with van der Waals surface area (Å²) in [5.41, 5.74) is 2.38. The number of aliphatic hydroxyl groups is 1. The predicted molar refractivity (Wildman–Crippen MR) is 104 cm³/mol. The Morgan fingerprint density at radius 2 is 1.35 bits per heavy atom. The molecule has 0 aliphatic carbocycles. The molecular formula is C21H32OS. The zero-order valence-electron chi connectivity index (χ0n) is 14.4. The Bertz CT molecular complexity index is 418. The fourth-order valence-corrected chi connectivity index (χ4v) is 3.58. The van der Waals surface area contributed by atoms with Crippen LogP contribution in [0.4, 0.5) is 0 Å². The van der Waals surface area contributed by atoms with Crippen LogP contribution >= 0.6 is 11.8 Å². The van der Waals surface area contributed by atoms with Gasteiger partial charge in [-0.3, -0.25) is 0 Å². The summed E-state index contributed by atoms with van der Waals surface area (Å²) in [6, 6.07) is 8.40. The third-order valence-corrected chi connectivity index (χ3v) is 5.23. The lowest BCUT2D eigenvalue weighted by Gasteiger charge is -2.04. The zero-order valence-corrected chi connectivity index (χ0v) is 15.3. The van der Waals surface area contributed by atoms with Gasteiger partial charge >= 0.3 is 0 Å². The third kappa shape index (κ3) is 11.3. The van der Waals surface area contributed by atoms with E-state index in [0.29, 0.717) is 6.61 Å². The Balaban J connectivity index is 1.83. The van der Waals surface area contributed by atoms with Crippen molar-refractivity contribution in [2.24, 2.45) is 0 Å². The van der Waals surface area contributed by atoms with Crippen molar-refractivity contribution in [3.63, 3.8) is 0 Å². The Labute approximate surface area is 147 Å². The Morgan fingerprint density at radius 3 is 1.96 bits per heavy atom. The molecule has 0 radical (unpaired) electrons. The number of unbranched alkanes of at least 4 members (excludes halogenated alkanes) is 7. The van der Waals surface area contributed by atoms with E-state index in [1.54, 1.807) is 0 Å². The van der Waals surface area contributed by atoms with Crippen molar-refractivity contribution >= 4 is 11.8 Å². The molecule has 0 fully saturated rings. The van der Waals surface area contributed by atoms with Gasteiger partial charge in [-0.1, -0.05) is 56.6 Å². The molecule has 128 valence electrons. The van der Waals surface area contributed by atoms with E-state index >= 15 is 0 Å². The van der Waals surface area contributed by atoms with Crippen molar-refractivity contribution < 1.29 is 5.11 Å². The van der Waals surface area contributed by atoms with E-state index in [1.165, 1.54) is 69.1 Å². The molecule has 0 bridgehead atoms. The number of terminal acetylenes is 1. The van der Waals surface area contributed by atoms with Gasteiger partial charge in [-0.25, -0.2) is 0 Å². The molecule has 1 aromatic carbocycles. The fourth-order valence-electron chi connectivity index (χ4n) is 2.63. The summed E-state index contributed by atoms with van der Waals surface area (Å²) in [5.74, 6) is 5.04. The number of rotatable bonds is 14. The average Bonchev–Trinajstić information content (AvgIpc) is 2.59. The quantitative estimate of drug-likeness (QED) is 0.361. The van der Waals surface area contributed by atoms with Crippen LogP contribution in [0.1, 0.15) is 68.9 Å². The maximum Gasteiger partial charge on any atom is 0.0438 e. The summed E-state index contributed by atoms with van der Waals surface area (Å²) in [4.78, 5) is 0. The second kappa shape index (κ2) is 14.7. The van der Waals surface area contributed by atoms with E-state index < -0.39 is 0 Å². The van der Waals surface area contributed by atoms with Gasteiger partial charge in [0.2, 0.25) is 0 Å². The number of hydrogen-bond donors (Lipinski definition) is 1. The molecule has 2 heteroatoms. The predicted octanol–water partition coefficient (Wildman–Crippen LogP) is 5.45. The van der Waals surface area contributed by atoms with Gasteiger partial charge in [-0.05, 0) is 54.9 Å². The van der Waals surface area contributed by atoms with Crippen LogP contribution in [-0.2, 0) is 6.42 Å². The molecule has 0 atom stereocenters. The molecule has 0 aliphatic heterocycles. The minimum atomic E-state index is 0.337. The molecule has 0 spiro atoms. The molecule has 0 aliphatic rings. The largest absolute Gasteiger partial charge is 0.396 e. The van der Waals surface area contributed by atoms with Gasteiger partial charge in [-0.15, -0.1) is 6.42 Å². The first-order valence-corrected chi connectivity index (χ1v) is 10.3. The first kappa shape index (κ1) is 20.1. The highest BCUT2D eigenvalue weighted by molar-refractivity contribution is 7.99. The summed E-state index contributed by atoms with van der Waals surface area (Å²) in [6.07, 6.45) is 18.3. The maximum absolute atomic E-state index is 8.69. The summed E-state index contributed by atoms with van der Waals surface area (Å²) in [6.45, 7) is 0.337. The number of aliphatic hydroxyl groups excluding tert-OH is 1. The van der Waals surface area contributed by atoms with Gasteiger partial charge in [-0.2, -0.15) is 11.8 Å². The van der Waals surface area contributed by atoms with Crippen molar-refractivity contribution in [3.05, 3.63) is 35.4 Å². The smallest absolute Gasteiger partial charge is 0.0438 e. The van der Waals surface area contributed by atoms with E-state index in [4.69, 9.17) is 11.5 Å². The number of thioether (sulfide) groups is 1. The Kier molecular flexibility index (Phi) is 12.8. The fraction of sp³-hybridized carbons (Fsp3) is 0.619. The molecule has 0 heterocycles. The highest BCUT2D eigenvalue weighted by Crippen LogP contribution is 2.13. The van der Waals surface area contributed by atoms with Crippen LogP contribution in [0.3, 0.4) is 0 Å². The van der Waals surface area contributed by atoms with Crippen LogP contribution in [0.15, 0.2) is 24.3 Å². The van der Waals surface area contributed by atoms with Crippen LogP contribution < -0.4 is 0 Å². The molecule has 1 rings (SSSR count). The number of benzene rings is 1. The van der Waals surface area contributed by atoms with Crippen LogP contribution in [0, 0.1) is 12.3 Å². The highest BCUT2D eigenvalue weighted by Gasteiger charge is 1.96. The molecule has 0 saturated carbocycles. The molecule has 0 aromatic heterocycles. The molecule has 0 saturated heterocycles. The summed E-state index contributed by atoms with van der Waals surface area (Å²) in [5, 5.41) is 8.69. The van der Waals surface area contributed by atoms with Gasteiger partial charge in [0.15, 0.2) is 0 Å². The van der Waals surface area contributed by atoms with E-state index in [2.05, 4.69) is 18.1 Å². The second-order valence-electron chi connectivity index (χ2n) is 6.11. The number of hydrogen-bond acceptors (Lipinski definition) is 2. The van der Waals surface area contributed by atoms with Gasteiger partial charge in [0.1, 0.15) is 0 Å². The van der Waals surface area contributed by atoms with Crippen LogP contribution in [0.2, 0.25) is 0 Å². The van der Waals surface area contributed by atoms with Crippen molar-refractivity contribution in [1.82, 2.24) is 0 Å². The topological polar surface area (TPSA) is 20.2 Å². The SMILES string of the molecule is C#Cc1ccc(CCCCCCCCCCSCCCO)cc1. The molecular weight excluding hydrogens is 300 g/mol. The van der Waals surface area contributed by atoms with Crippen molar-refractivity contribution in [2.45, 2.75) is 64.2 Å². The molecule has 23 heavy (non-hydrogen) atoms. The maximum atomic E-state index is 8.69. The second-order valence-corrected chi connectivity index (χ2v) is 7.33. The summed E-state index contributed by atoms with van der Waals surface area (Å²) >= 11 is 1.98. The van der Waals surface area contributed by atoms with Gasteiger partial charge < -0.3 is 5.11 Å². The first-order valence-electron chi connectivity index (χ1n) is 9.11. The van der Waals surface area contributed by atoms with Crippen molar-refractivity contribution in [1.29, 1.82) is 0 Å². The van der Waals surface area contributed by atoms with Gasteiger partial charge in [0.05, 0.1) is 0 Å². The molecule has 1 N–H and O–H groups in total. The minimum absolute atomic E-state index is 0.337. The van der Waals surface area contributed by atoms with E-state index in [9.17, 15) is 0 Å². The van der Waals surface area contributed by atoms with Gasteiger partial charge in [0, 0.05) is 12.2 Å². The lowest BCUT2D eigenvalue weighted by Crippen LogP contribution is -1.89. The van der Waals surface area contributed by atoms with Crippen molar-refractivity contribution in [3.8, 4) is 12.3 Å². The van der Waals surface area contributed by atoms with E-state index in [1.807, 2.05) is 23.9 Å². The summed E-state index contributed by atoms with van der Waals surface area (Å²) in [7, 11) is 0. The zero-order chi connectivity index (χ0) is 16.6. The molecule has 1 nitrogen and oxygen atoms in total. The van der Waals surface area contributed by atoms with Crippen LogP contribution in [0.5, 0.6) is 0 Å². The number of aryl methyl sites for hydroxylation is 1. The van der Waals surface area contributed by atoms with E-state index in [-0.39, 0.29) is 0 Å². The third-order valence-electron chi connectivity index (χ3n) is 4.07. The molecule has 0 amide bonds. The monoisotopic (exact) mass is 332 g/mol. The highest BCUT2D eigenvalue weighted by atomic mass is 32.2. The first-order chi connectivity index (χ1) is 11.4. The normalized spacial score (nSPS) is 10.6. The Morgan fingerprint density at radius 1 is 0.783 bits per heavy atom. The van der Waals surface area contributed by atoms with Crippen molar-refractivity contribution in [2.75, 3.05) is 18.1 Å². The standard InChI is InChI=1S/C21H32OS/c1-2-20-13-15-21(16-14-20)12-9-7-5-3-4-6-8-10-18-23-19-11-17-22/h1,13-16,22H,3-12,17-19H2. The lowest BCUT2D eigenvalue weighted by atomic mass is 10.0. The van der Waals surface area contributed by atoms with Gasteiger partial charge in [0.25, 0.3) is 0 Å². The average molecular weight is 333 g/mol. The van der Waals surface area contributed by atoms with Crippen LogP contribution in [0.25, 0.3) is 0 Å².